The number of rotatable bonds is 2. The van der Waals surface area contributed by atoms with Gasteiger partial charge in [-0.3, -0.25) is 9.69 Å². The number of hydrogen-bond acceptors (Lipinski definition) is 5. The van der Waals surface area contributed by atoms with Crippen LogP contribution in [-0.4, -0.2) is 38.0 Å². The molecule has 1 fully saturated rings. The van der Waals surface area contributed by atoms with Gasteiger partial charge in [0.25, 0.3) is 0 Å². The Balaban J connectivity index is 0.00000176. The zero-order chi connectivity index (χ0) is 15.0. The monoisotopic (exact) mass is 311 g/mol. The second-order valence-electron chi connectivity index (χ2n) is 5.41. The molecule has 1 atom stereocenters. The van der Waals surface area contributed by atoms with E-state index < -0.39 is 0 Å². The first-order valence-corrected chi connectivity index (χ1v) is 7.01. The molecule has 1 saturated heterocycles. The second-order valence-corrected chi connectivity index (χ2v) is 5.41. The summed E-state index contributed by atoms with van der Waals surface area (Å²) in [6.07, 6.45) is 1.94. The molecule has 1 unspecified atom stereocenters. The Morgan fingerprint density at radius 3 is 2.59 bits per heavy atom. The van der Waals surface area contributed by atoms with Gasteiger partial charge in [-0.25, -0.2) is 0 Å². The van der Waals surface area contributed by atoms with Gasteiger partial charge in [0.05, 0.1) is 14.2 Å². The van der Waals surface area contributed by atoms with Crippen LogP contribution in [0.4, 0.5) is 0 Å². The molecular formula is C16H18NNaO4. The molecule has 0 N–H and O–H groups in total. The third-order valence-corrected chi connectivity index (χ3v) is 4.37. The predicted octanol–water partition coefficient (Wildman–Crippen LogP) is -2.18. The van der Waals surface area contributed by atoms with Crippen LogP contribution in [0.15, 0.2) is 24.0 Å². The Hall–Kier alpha value is -1.01. The van der Waals surface area contributed by atoms with Crippen molar-refractivity contribution in [3.8, 4) is 11.5 Å². The third-order valence-electron chi connectivity index (χ3n) is 4.37. The normalized spacial score (nSPS) is 22.5. The first-order chi connectivity index (χ1) is 10.2. The molecule has 22 heavy (non-hydrogen) atoms. The number of nitrogens with zero attached hydrogens (tertiary/aromatic N) is 1. The van der Waals surface area contributed by atoms with Crippen molar-refractivity contribution in [1.82, 2.24) is 4.90 Å². The van der Waals surface area contributed by atoms with Gasteiger partial charge < -0.3 is 14.6 Å². The number of Topliss-reactive ketones (excluding diaryl/α,β-unsaturated/α-hetero) is 1. The fourth-order valence-electron chi connectivity index (χ4n) is 3.23. The topological polar surface area (TPSA) is 61.8 Å². The molecule has 1 aromatic rings. The minimum atomic E-state index is -0.0473. The van der Waals surface area contributed by atoms with Crippen LogP contribution in [0.3, 0.4) is 0 Å². The van der Waals surface area contributed by atoms with Crippen LogP contribution in [-0.2, 0) is 11.2 Å². The minimum absolute atomic E-state index is 0. The number of fused-ring (bicyclic) bond motifs is 3. The van der Waals surface area contributed by atoms with Crippen LogP contribution in [0.25, 0.3) is 0 Å². The number of hydrogen-bond donors (Lipinski definition) is 0. The van der Waals surface area contributed by atoms with Gasteiger partial charge in [-0.2, -0.15) is 0 Å². The summed E-state index contributed by atoms with van der Waals surface area (Å²) < 4.78 is 10.7. The number of piperidine rings is 1. The molecule has 0 bridgehead atoms. The quantitative estimate of drug-likeness (QED) is 0.353. The van der Waals surface area contributed by atoms with Crippen molar-refractivity contribution in [3.63, 3.8) is 0 Å². The van der Waals surface area contributed by atoms with Crippen molar-refractivity contribution < 1.29 is 48.9 Å². The van der Waals surface area contributed by atoms with Crippen LogP contribution in [0.1, 0.15) is 23.6 Å². The molecule has 2 heterocycles. The summed E-state index contributed by atoms with van der Waals surface area (Å²) in [5.74, 6) is 1.34. The van der Waals surface area contributed by atoms with Crippen LogP contribution >= 0.6 is 0 Å². The van der Waals surface area contributed by atoms with Crippen molar-refractivity contribution in [2.24, 2.45) is 0 Å². The molecule has 3 rings (SSSR count). The van der Waals surface area contributed by atoms with E-state index >= 15 is 0 Å². The van der Waals surface area contributed by atoms with E-state index in [1.54, 1.807) is 14.2 Å². The summed E-state index contributed by atoms with van der Waals surface area (Å²) in [6, 6.07) is 3.99. The van der Waals surface area contributed by atoms with Crippen LogP contribution in [0, 0.1) is 0 Å². The molecule has 2 aliphatic rings. The largest absolute Gasteiger partial charge is 1.00 e. The summed E-state index contributed by atoms with van der Waals surface area (Å²) >= 11 is 0. The van der Waals surface area contributed by atoms with E-state index in [1.807, 2.05) is 12.1 Å². The Kier molecular flexibility index (Phi) is 5.55. The average molecular weight is 311 g/mol. The molecule has 112 valence electrons. The van der Waals surface area contributed by atoms with Gasteiger partial charge in [0, 0.05) is 25.6 Å². The molecule has 0 amide bonds. The number of methoxy groups -OCH3 is 2. The molecule has 0 radical (unpaired) electrons. The number of ether oxygens (including phenoxy) is 2. The Morgan fingerprint density at radius 2 is 1.95 bits per heavy atom. The zero-order valence-electron chi connectivity index (χ0n) is 13.2. The Bertz CT molecular complexity index is 614. The molecular weight excluding hydrogens is 293 g/mol. The molecule has 5 nitrogen and oxygen atoms in total. The van der Waals surface area contributed by atoms with E-state index in [4.69, 9.17) is 9.47 Å². The van der Waals surface area contributed by atoms with Crippen LogP contribution in [0.5, 0.6) is 11.5 Å². The minimum Gasteiger partial charge on any atom is -0.878 e. The van der Waals surface area contributed by atoms with Crippen molar-refractivity contribution in [1.29, 1.82) is 0 Å². The molecule has 6 heteroatoms. The van der Waals surface area contributed by atoms with Crippen LogP contribution in [0.2, 0.25) is 0 Å². The maximum Gasteiger partial charge on any atom is 1.00 e. The zero-order valence-corrected chi connectivity index (χ0v) is 15.2. The number of ketones is 1. The van der Waals surface area contributed by atoms with Gasteiger partial charge in [-0.1, -0.05) is 0 Å². The fraction of sp³-hybridized carbons (Fsp3) is 0.438. The summed E-state index contributed by atoms with van der Waals surface area (Å²) in [5, 5.41) is 11.0. The maximum atomic E-state index is 12.0. The fourth-order valence-corrected chi connectivity index (χ4v) is 3.23. The SMILES string of the molecule is COc1cc2c(cc1OC)C1CC(=O)C(=C[O-])CN1CC2.[Na+]. The smallest absolute Gasteiger partial charge is 0.878 e. The standard InChI is InChI=1S/C16H19NO4.Na/c1-20-15-5-10-3-4-17-8-11(9-18)14(19)7-13(17)12(10)6-16(15)21-2;/h5-6,9,13,18H,3-4,7-8H2,1-2H3;/q;+1/p-1. The first kappa shape index (κ1) is 17.3. The summed E-state index contributed by atoms with van der Waals surface area (Å²) in [7, 11) is 3.23. The first-order valence-electron chi connectivity index (χ1n) is 7.01. The van der Waals surface area contributed by atoms with Crippen molar-refractivity contribution in [2.75, 3.05) is 27.3 Å². The predicted molar refractivity (Wildman–Crippen MR) is 75.3 cm³/mol. The second kappa shape index (κ2) is 7.04. The van der Waals surface area contributed by atoms with Gasteiger partial charge in [-0.15, -0.1) is 6.26 Å². The number of carbonyl (C=O) groups is 1. The number of carbonyl (C=O) groups excluding carboxylic acids is 1. The number of benzene rings is 1. The summed E-state index contributed by atoms with van der Waals surface area (Å²) in [4.78, 5) is 14.2. The van der Waals surface area contributed by atoms with Gasteiger partial charge in [0.1, 0.15) is 0 Å². The molecule has 0 saturated carbocycles. The molecule has 0 spiro atoms. The van der Waals surface area contributed by atoms with E-state index in [-0.39, 0.29) is 41.4 Å². The molecule has 2 aliphatic heterocycles. The van der Waals surface area contributed by atoms with E-state index in [0.29, 0.717) is 36.3 Å². The average Bonchev–Trinajstić information content (AvgIpc) is 2.52. The molecule has 0 aromatic heterocycles. The van der Waals surface area contributed by atoms with E-state index in [0.717, 1.165) is 18.5 Å². The maximum absolute atomic E-state index is 12.0. The van der Waals surface area contributed by atoms with Gasteiger partial charge in [-0.05, 0) is 35.3 Å². The van der Waals surface area contributed by atoms with Crippen LogP contribution < -0.4 is 44.1 Å². The molecule has 0 aliphatic carbocycles. The summed E-state index contributed by atoms with van der Waals surface area (Å²) in [6.45, 7) is 1.29. The Morgan fingerprint density at radius 1 is 1.27 bits per heavy atom. The van der Waals surface area contributed by atoms with Gasteiger partial charge >= 0.3 is 29.6 Å². The van der Waals surface area contributed by atoms with Gasteiger partial charge in [0.15, 0.2) is 17.3 Å². The van der Waals surface area contributed by atoms with Crippen molar-refractivity contribution in [3.05, 3.63) is 35.1 Å². The molecule has 1 aromatic carbocycles. The summed E-state index contributed by atoms with van der Waals surface area (Å²) in [5.41, 5.74) is 2.68. The third kappa shape index (κ3) is 2.91. The van der Waals surface area contributed by atoms with E-state index in [1.165, 1.54) is 5.56 Å². The van der Waals surface area contributed by atoms with Crippen molar-refractivity contribution in [2.45, 2.75) is 18.9 Å². The Labute approximate surface area is 152 Å². The van der Waals surface area contributed by atoms with Crippen molar-refractivity contribution >= 4 is 5.78 Å². The van der Waals surface area contributed by atoms with E-state index in [2.05, 4.69) is 4.90 Å². The van der Waals surface area contributed by atoms with E-state index in [9.17, 15) is 9.90 Å². The van der Waals surface area contributed by atoms with Gasteiger partial charge in [0.2, 0.25) is 0 Å².